The molecule has 1 amide bonds. The highest BCUT2D eigenvalue weighted by molar-refractivity contribution is 5.94. The molecule has 5 nitrogen and oxygen atoms in total. The molecule has 1 aliphatic carbocycles. The molecule has 0 saturated heterocycles. The SMILES string of the molecule is CC(NC(=O)c1ccc2c(c1)CCC2)c1nccc(N)n1. The third kappa shape index (κ3) is 2.86. The quantitative estimate of drug-likeness (QED) is 0.902. The summed E-state index contributed by atoms with van der Waals surface area (Å²) in [6.07, 6.45) is 4.94. The fourth-order valence-electron chi connectivity index (χ4n) is 2.65. The van der Waals surface area contributed by atoms with Crippen LogP contribution in [-0.4, -0.2) is 15.9 Å². The molecule has 0 saturated carbocycles. The van der Waals surface area contributed by atoms with Gasteiger partial charge in [0.05, 0.1) is 6.04 Å². The molecule has 0 aliphatic heterocycles. The van der Waals surface area contributed by atoms with Gasteiger partial charge in [-0.2, -0.15) is 0 Å². The van der Waals surface area contributed by atoms with Gasteiger partial charge in [0.2, 0.25) is 0 Å². The van der Waals surface area contributed by atoms with E-state index in [9.17, 15) is 4.79 Å². The smallest absolute Gasteiger partial charge is 0.251 e. The summed E-state index contributed by atoms with van der Waals surface area (Å²) >= 11 is 0. The van der Waals surface area contributed by atoms with Crippen molar-refractivity contribution in [3.05, 3.63) is 53.0 Å². The van der Waals surface area contributed by atoms with Crippen LogP contribution in [0.25, 0.3) is 0 Å². The summed E-state index contributed by atoms with van der Waals surface area (Å²) in [5, 5.41) is 2.91. The predicted molar refractivity (Wildman–Crippen MR) is 80.8 cm³/mol. The number of nitrogen functional groups attached to an aromatic ring is 1. The number of aryl methyl sites for hydroxylation is 2. The van der Waals surface area contributed by atoms with Gasteiger partial charge in [0.1, 0.15) is 5.82 Å². The van der Waals surface area contributed by atoms with E-state index in [1.165, 1.54) is 17.5 Å². The molecule has 0 radical (unpaired) electrons. The summed E-state index contributed by atoms with van der Waals surface area (Å²) in [4.78, 5) is 20.6. The zero-order valence-corrected chi connectivity index (χ0v) is 12.0. The topological polar surface area (TPSA) is 80.9 Å². The van der Waals surface area contributed by atoms with Crippen LogP contribution >= 0.6 is 0 Å². The zero-order valence-electron chi connectivity index (χ0n) is 12.0. The molecule has 0 bridgehead atoms. The number of aromatic nitrogens is 2. The van der Waals surface area contributed by atoms with E-state index < -0.39 is 0 Å². The van der Waals surface area contributed by atoms with Crippen molar-refractivity contribution in [1.29, 1.82) is 0 Å². The lowest BCUT2D eigenvalue weighted by molar-refractivity contribution is 0.0938. The molecular weight excluding hydrogens is 264 g/mol. The van der Waals surface area contributed by atoms with Crippen molar-refractivity contribution < 1.29 is 4.79 Å². The fourth-order valence-corrected chi connectivity index (χ4v) is 2.65. The fraction of sp³-hybridized carbons (Fsp3) is 0.312. The van der Waals surface area contributed by atoms with Gasteiger partial charge in [0, 0.05) is 11.8 Å². The lowest BCUT2D eigenvalue weighted by Gasteiger charge is -2.13. The Hall–Kier alpha value is -2.43. The maximum atomic E-state index is 12.3. The Bertz CT molecular complexity index is 684. The number of hydrogen-bond acceptors (Lipinski definition) is 4. The van der Waals surface area contributed by atoms with Crippen molar-refractivity contribution in [3.63, 3.8) is 0 Å². The van der Waals surface area contributed by atoms with Gasteiger partial charge in [-0.15, -0.1) is 0 Å². The first-order valence-electron chi connectivity index (χ1n) is 7.14. The molecule has 5 heteroatoms. The van der Waals surface area contributed by atoms with Crippen LogP contribution in [0, 0.1) is 0 Å². The molecule has 108 valence electrons. The van der Waals surface area contributed by atoms with Gasteiger partial charge in [-0.25, -0.2) is 9.97 Å². The van der Waals surface area contributed by atoms with Gasteiger partial charge >= 0.3 is 0 Å². The minimum absolute atomic E-state index is 0.108. The normalized spacial score (nSPS) is 14.5. The molecular formula is C16H18N4O. The number of carbonyl (C=O) groups excluding carboxylic acids is 1. The predicted octanol–water partition coefficient (Wildman–Crippen LogP) is 2.04. The third-order valence-corrected chi connectivity index (χ3v) is 3.79. The van der Waals surface area contributed by atoms with Crippen molar-refractivity contribution in [2.24, 2.45) is 0 Å². The number of anilines is 1. The molecule has 1 aromatic carbocycles. The molecule has 1 aromatic heterocycles. The molecule has 3 N–H and O–H groups in total. The second kappa shape index (κ2) is 5.52. The molecule has 1 atom stereocenters. The molecule has 1 aliphatic rings. The average molecular weight is 282 g/mol. The van der Waals surface area contributed by atoms with Crippen LogP contribution in [0.4, 0.5) is 5.82 Å². The number of fused-ring (bicyclic) bond motifs is 1. The van der Waals surface area contributed by atoms with E-state index >= 15 is 0 Å². The van der Waals surface area contributed by atoms with Crippen LogP contribution in [0.5, 0.6) is 0 Å². The molecule has 3 rings (SSSR count). The number of nitrogens with two attached hydrogens (primary N) is 1. The van der Waals surface area contributed by atoms with Gasteiger partial charge in [0.15, 0.2) is 5.82 Å². The summed E-state index contributed by atoms with van der Waals surface area (Å²) < 4.78 is 0. The highest BCUT2D eigenvalue weighted by atomic mass is 16.1. The Morgan fingerprint density at radius 1 is 1.29 bits per heavy atom. The van der Waals surface area contributed by atoms with Crippen LogP contribution < -0.4 is 11.1 Å². The van der Waals surface area contributed by atoms with Gasteiger partial charge in [-0.1, -0.05) is 6.07 Å². The largest absolute Gasteiger partial charge is 0.384 e. The molecule has 21 heavy (non-hydrogen) atoms. The number of hydrogen-bond donors (Lipinski definition) is 2. The van der Waals surface area contributed by atoms with Crippen molar-refractivity contribution in [2.75, 3.05) is 5.73 Å². The molecule has 0 fully saturated rings. The van der Waals surface area contributed by atoms with E-state index in [1.54, 1.807) is 12.3 Å². The van der Waals surface area contributed by atoms with E-state index in [1.807, 2.05) is 19.1 Å². The summed E-state index contributed by atoms with van der Waals surface area (Å²) in [6.45, 7) is 1.85. The van der Waals surface area contributed by atoms with Crippen LogP contribution in [-0.2, 0) is 12.8 Å². The van der Waals surface area contributed by atoms with Crippen LogP contribution in [0.2, 0.25) is 0 Å². The van der Waals surface area contributed by atoms with Crippen molar-refractivity contribution in [3.8, 4) is 0 Å². The lowest BCUT2D eigenvalue weighted by atomic mass is 10.1. The second-order valence-electron chi connectivity index (χ2n) is 5.37. The number of rotatable bonds is 3. The Labute approximate surface area is 123 Å². The molecule has 0 spiro atoms. The second-order valence-corrected chi connectivity index (χ2v) is 5.37. The van der Waals surface area contributed by atoms with Crippen molar-refractivity contribution in [2.45, 2.75) is 32.2 Å². The van der Waals surface area contributed by atoms with E-state index in [0.717, 1.165) is 12.8 Å². The Morgan fingerprint density at radius 3 is 2.90 bits per heavy atom. The van der Waals surface area contributed by atoms with Crippen molar-refractivity contribution >= 4 is 11.7 Å². The highest BCUT2D eigenvalue weighted by Crippen LogP contribution is 2.23. The standard InChI is InChI=1S/C16H18N4O/c1-10(15-18-8-7-14(17)20-15)19-16(21)13-6-5-11-3-2-4-12(11)9-13/h5-10H,2-4H2,1H3,(H,19,21)(H2,17,18,20). The Morgan fingerprint density at radius 2 is 2.10 bits per heavy atom. The summed E-state index contributed by atoms with van der Waals surface area (Å²) in [7, 11) is 0. The number of nitrogens with zero attached hydrogens (tertiary/aromatic N) is 2. The first-order valence-corrected chi connectivity index (χ1v) is 7.14. The van der Waals surface area contributed by atoms with E-state index in [0.29, 0.717) is 17.2 Å². The number of carbonyl (C=O) groups is 1. The first kappa shape index (κ1) is 13.5. The number of benzene rings is 1. The van der Waals surface area contributed by atoms with E-state index in [2.05, 4.69) is 21.4 Å². The average Bonchev–Trinajstić information content (AvgIpc) is 2.94. The van der Waals surface area contributed by atoms with E-state index in [4.69, 9.17) is 5.73 Å². The minimum Gasteiger partial charge on any atom is -0.384 e. The lowest BCUT2D eigenvalue weighted by Crippen LogP contribution is -2.28. The van der Waals surface area contributed by atoms with Gasteiger partial charge in [0.25, 0.3) is 5.91 Å². The number of amides is 1. The van der Waals surface area contributed by atoms with Gasteiger partial charge in [-0.3, -0.25) is 4.79 Å². The monoisotopic (exact) mass is 282 g/mol. The maximum absolute atomic E-state index is 12.3. The minimum atomic E-state index is -0.283. The molecule has 1 unspecified atom stereocenters. The molecule has 2 aromatic rings. The summed E-state index contributed by atoms with van der Waals surface area (Å²) in [6, 6.07) is 7.27. The van der Waals surface area contributed by atoms with Gasteiger partial charge in [-0.05, 0) is 55.5 Å². The van der Waals surface area contributed by atoms with Gasteiger partial charge < -0.3 is 11.1 Å². The van der Waals surface area contributed by atoms with Crippen LogP contribution in [0.1, 0.15) is 46.7 Å². The Kier molecular flexibility index (Phi) is 3.56. The van der Waals surface area contributed by atoms with Crippen molar-refractivity contribution in [1.82, 2.24) is 15.3 Å². The zero-order chi connectivity index (χ0) is 14.8. The highest BCUT2D eigenvalue weighted by Gasteiger charge is 2.17. The third-order valence-electron chi connectivity index (χ3n) is 3.79. The Balaban J connectivity index is 1.74. The van der Waals surface area contributed by atoms with Crippen LogP contribution in [0.3, 0.4) is 0 Å². The number of nitrogens with one attached hydrogen (secondary N) is 1. The first-order chi connectivity index (χ1) is 10.1. The maximum Gasteiger partial charge on any atom is 0.251 e. The summed E-state index contributed by atoms with van der Waals surface area (Å²) in [5.74, 6) is 0.811. The van der Waals surface area contributed by atoms with E-state index in [-0.39, 0.29) is 11.9 Å². The summed E-state index contributed by atoms with van der Waals surface area (Å²) in [5.41, 5.74) is 8.97. The molecule has 1 heterocycles. The van der Waals surface area contributed by atoms with Crippen LogP contribution in [0.15, 0.2) is 30.5 Å².